The molecule has 1 fully saturated rings. The summed E-state index contributed by atoms with van der Waals surface area (Å²) in [5, 5.41) is 2.82. The highest BCUT2D eigenvalue weighted by atomic mass is 19.4. The van der Waals surface area contributed by atoms with Crippen LogP contribution in [0.2, 0.25) is 0 Å². The number of alkyl halides is 3. The molecule has 3 aromatic heterocycles. The lowest BCUT2D eigenvalue weighted by Gasteiger charge is -2.34. The predicted octanol–water partition coefficient (Wildman–Crippen LogP) is 2.02. The van der Waals surface area contributed by atoms with Gasteiger partial charge >= 0.3 is 6.18 Å². The maximum absolute atomic E-state index is 13.4. The summed E-state index contributed by atoms with van der Waals surface area (Å²) in [7, 11) is 1.49. The van der Waals surface area contributed by atoms with E-state index >= 15 is 0 Å². The number of rotatable bonds is 10. The van der Waals surface area contributed by atoms with Crippen LogP contribution in [0.1, 0.15) is 6.92 Å². The van der Waals surface area contributed by atoms with Crippen LogP contribution in [0.15, 0.2) is 35.4 Å². The molecule has 1 amide bonds. The van der Waals surface area contributed by atoms with Gasteiger partial charge in [-0.15, -0.1) is 0 Å². The van der Waals surface area contributed by atoms with E-state index in [0.717, 1.165) is 19.6 Å². The Hall–Kier alpha value is -3.78. The van der Waals surface area contributed by atoms with E-state index in [2.05, 4.69) is 32.1 Å². The van der Waals surface area contributed by atoms with E-state index in [9.17, 15) is 22.8 Å². The molecule has 39 heavy (non-hydrogen) atoms. The number of ether oxygens (including phenoxy) is 2. The van der Waals surface area contributed by atoms with E-state index in [4.69, 9.17) is 9.47 Å². The molecule has 0 bridgehead atoms. The molecule has 11 nitrogen and oxygen atoms in total. The van der Waals surface area contributed by atoms with Gasteiger partial charge in [-0.2, -0.15) is 13.2 Å². The first-order chi connectivity index (χ1) is 18.7. The van der Waals surface area contributed by atoms with Crippen LogP contribution in [0.4, 0.5) is 19.0 Å². The maximum atomic E-state index is 13.4. The van der Waals surface area contributed by atoms with Gasteiger partial charge in [0.15, 0.2) is 5.82 Å². The number of hydrogen-bond donors (Lipinski definition) is 1. The predicted molar refractivity (Wildman–Crippen MR) is 138 cm³/mol. The number of nitrogens with one attached hydrogen (secondary N) is 1. The molecule has 4 rings (SSSR count). The van der Waals surface area contributed by atoms with E-state index in [1.165, 1.54) is 17.9 Å². The number of amides is 1. The Kier molecular flexibility index (Phi) is 8.97. The van der Waals surface area contributed by atoms with E-state index in [1.807, 2.05) is 0 Å². The molecule has 1 aliphatic rings. The maximum Gasteiger partial charge on any atom is 0.411 e. The number of carbonyl (C=O) groups is 1. The summed E-state index contributed by atoms with van der Waals surface area (Å²) in [4.78, 5) is 43.0. The first-order valence-electron chi connectivity index (χ1n) is 12.5. The lowest BCUT2D eigenvalue weighted by Crippen LogP contribution is -2.50. The Morgan fingerprint density at radius 2 is 1.90 bits per heavy atom. The first kappa shape index (κ1) is 28.2. The van der Waals surface area contributed by atoms with Crippen LogP contribution in [0.3, 0.4) is 0 Å². The third-order valence-corrected chi connectivity index (χ3v) is 6.38. The SMILES string of the molecule is CCN1CCN(C(=O)CNc2nc3cnc(-c4ccc(OC)nc4)cc3n(CCOCC(F)(F)F)c2=O)CC1. The van der Waals surface area contributed by atoms with Crippen molar-refractivity contribution in [3.8, 4) is 17.1 Å². The van der Waals surface area contributed by atoms with Gasteiger partial charge in [-0.25, -0.2) is 9.97 Å². The highest BCUT2D eigenvalue weighted by molar-refractivity contribution is 5.82. The van der Waals surface area contributed by atoms with Crippen molar-refractivity contribution in [1.29, 1.82) is 0 Å². The van der Waals surface area contributed by atoms with Crippen molar-refractivity contribution in [3.63, 3.8) is 0 Å². The molecule has 1 saturated heterocycles. The van der Waals surface area contributed by atoms with E-state index < -0.39 is 18.3 Å². The van der Waals surface area contributed by atoms with Gasteiger partial charge in [0, 0.05) is 50.6 Å². The van der Waals surface area contributed by atoms with E-state index in [0.29, 0.717) is 41.3 Å². The molecule has 0 radical (unpaired) electrons. The van der Waals surface area contributed by atoms with Crippen LogP contribution in [0, 0.1) is 0 Å². The molecule has 0 saturated carbocycles. The lowest BCUT2D eigenvalue weighted by atomic mass is 10.2. The number of aromatic nitrogens is 4. The van der Waals surface area contributed by atoms with Crippen LogP contribution in [0.25, 0.3) is 22.3 Å². The van der Waals surface area contributed by atoms with Gasteiger partial charge in [0.2, 0.25) is 11.8 Å². The number of anilines is 1. The molecule has 1 N–H and O–H groups in total. The number of carbonyl (C=O) groups excluding carboxylic acids is 1. The number of nitrogens with zero attached hydrogens (tertiary/aromatic N) is 6. The molecular weight excluding hydrogens is 519 g/mol. The topological polar surface area (TPSA) is 115 Å². The molecule has 0 atom stereocenters. The third kappa shape index (κ3) is 7.20. The Balaban J connectivity index is 1.59. The highest BCUT2D eigenvalue weighted by Crippen LogP contribution is 2.22. The fourth-order valence-corrected chi connectivity index (χ4v) is 4.22. The Morgan fingerprint density at radius 3 is 2.54 bits per heavy atom. The monoisotopic (exact) mass is 549 g/mol. The molecule has 4 heterocycles. The number of fused-ring (bicyclic) bond motifs is 1. The number of hydrogen-bond acceptors (Lipinski definition) is 9. The van der Waals surface area contributed by atoms with Crippen LogP contribution >= 0.6 is 0 Å². The average Bonchev–Trinajstić information content (AvgIpc) is 2.94. The fourth-order valence-electron chi connectivity index (χ4n) is 4.22. The number of halogens is 3. The smallest absolute Gasteiger partial charge is 0.411 e. The molecule has 14 heteroatoms. The number of piperazine rings is 1. The molecule has 0 spiro atoms. The van der Waals surface area contributed by atoms with Gasteiger partial charge in [0.05, 0.1) is 37.7 Å². The Morgan fingerprint density at radius 1 is 1.13 bits per heavy atom. The molecule has 3 aromatic rings. The second kappa shape index (κ2) is 12.4. The van der Waals surface area contributed by atoms with Crippen molar-refractivity contribution in [2.45, 2.75) is 19.6 Å². The zero-order valence-electron chi connectivity index (χ0n) is 21.7. The van der Waals surface area contributed by atoms with Crippen LogP contribution < -0.4 is 15.6 Å². The minimum Gasteiger partial charge on any atom is -0.481 e. The van der Waals surface area contributed by atoms with Crippen LogP contribution in [0.5, 0.6) is 5.88 Å². The van der Waals surface area contributed by atoms with Crippen molar-refractivity contribution in [3.05, 3.63) is 40.9 Å². The summed E-state index contributed by atoms with van der Waals surface area (Å²) < 4.78 is 48.8. The average molecular weight is 550 g/mol. The highest BCUT2D eigenvalue weighted by Gasteiger charge is 2.27. The van der Waals surface area contributed by atoms with Gasteiger partial charge in [0.1, 0.15) is 12.1 Å². The summed E-state index contributed by atoms with van der Waals surface area (Å²) in [5.41, 5.74) is 1.20. The van der Waals surface area contributed by atoms with Crippen LogP contribution in [-0.2, 0) is 16.1 Å². The Bertz CT molecular complexity index is 1340. The third-order valence-electron chi connectivity index (χ3n) is 6.38. The van der Waals surface area contributed by atoms with Gasteiger partial charge in [-0.1, -0.05) is 6.92 Å². The van der Waals surface area contributed by atoms with Gasteiger partial charge < -0.3 is 29.2 Å². The number of pyridine rings is 2. The largest absolute Gasteiger partial charge is 0.481 e. The van der Waals surface area contributed by atoms with E-state index in [1.54, 1.807) is 29.3 Å². The first-order valence-corrected chi connectivity index (χ1v) is 12.5. The summed E-state index contributed by atoms with van der Waals surface area (Å²) in [6, 6.07) is 5.01. The second-order valence-corrected chi connectivity index (χ2v) is 8.90. The Labute approximate surface area is 222 Å². The van der Waals surface area contributed by atoms with Crippen molar-refractivity contribution >= 4 is 22.8 Å². The number of methoxy groups -OCH3 is 1. The summed E-state index contributed by atoms with van der Waals surface area (Å²) in [5.74, 6) is 0.143. The van der Waals surface area contributed by atoms with Crippen molar-refractivity contribution < 1.29 is 27.4 Å². The summed E-state index contributed by atoms with van der Waals surface area (Å²) in [6.45, 7) is 3.61. The molecule has 0 aliphatic carbocycles. The summed E-state index contributed by atoms with van der Waals surface area (Å²) >= 11 is 0. The normalized spacial score (nSPS) is 14.5. The molecule has 210 valence electrons. The van der Waals surface area contributed by atoms with Crippen LogP contribution in [-0.4, -0.2) is 101 Å². The van der Waals surface area contributed by atoms with Gasteiger partial charge in [-0.05, 0) is 18.7 Å². The fraction of sp³-hybridized carbons (Fsp3) is 0.480. The quantitative estimate of drug-likeness (QED) is 0.380. The zero-order chi connectivity index (χ0) is 28.0. The van der Waals surface area contributed by atoms with Crippen molar-refractivity contribution in [2.75, 3.05) is 64.9 Å². The van der Waals surface area contributed by atoms with Gasteiger partial charge in [0.25, 0.3) is 5.56 Å². The minimum absolute atomic E-state index is 0.0977. The standard InChI is InChI=1S/C25H30F3N7O4/c1-3-33-6-8-34(9-7-33)22(36)15-31-23-24(37)35(10-11-39-16-25(26,27)28)20-12-18(29-14-19(20)32-23)17-4-5-21(38-2)30-13-17/h4-5,12-14H,3,6-11,15-16H2,1-2H3,(H,31,32). The summed E-state index contributed by atoms with van der Waals surface area (Å²) in [6.07, 6.45) is -1.48. The van der Waals surface area contributed by atoms with Gasteiger partial charge in [-0.3, -0.25) is 14.6 Å². The number of likely N-dealkylation sites (N-methyl/N-ethyl adjacent to an activating group) is 1. The lowest BCUT2D eigenvalue weighted by molar-refractivity contribution is -0.174. The minimum atomic E-state index is -4.49. The second-order valence-electron chi connectivity index (χ2n) is 8.90. The molecular formula is C25H30F3N7O4. The molecule has 1 aliphatic heterocycles. The van der Waals surface area contributed by atoms with Crippen molar-refractivity contribution in [2.24, 2.45) is 0 Å². The van der Waals surface area contributed by atoms with E-state index in [-0.39, 0.29) is 31.4 Å². The van der Waals surface area contributed by atoms with Crippen molar-refractivity contribution in [1.82, 2.24) is 29.3 Å². The zero-order valence-corrected chi connectivity index (χ0v) is 21.7. The molecule has 0 unspecified atom stereocenters. The molecule has 0 aromatic carbocycles.